The summed E-state index contributed by atoms with van der Waals surface area (Å²) in [5.41, 5.74) is 5.40. The van der Waals surface area contributed by atoms with Gasteiger partial charge in [0.2, 0.25) is 5.91 Å². The molecule has 0 saturated carbocycles. The molecule has 2 rings (SSSR count). The van der Waals surface area contributed by atoms with Crippen LogP contribution in [-0.2, 0) is 22.4 Å². The lowest BCUT2D eigenvalue weighted by atomic mass is 9.90. The third-order valence-corrected chi connectivity index (χ3v) is 6.16. The van der Waals surface area contributed by atoms with E-state index in [1.807, 2.05) is 34.6 Å². The number of nitrogens with zero attached hydrogens (tertiary/aromatic N) is 1. The van der Waals surface area contributed by atoms with Gasteiger partial charge >= 0.3 is 5.97 Å². The van der Waals surface area contributed by atoms with Crippen molar-refractivity contribution in [1.29, 1.82) is 0 Å². The molecule has 30 heavy (non-hydrogen) atoms. The summed E-state index contributed by atoms with van der Waals surface area (Å²) in [6.07, 6.45) is 5.75. The molecular weight excluding hydrogens is 376 g/mol. The van der Waals surface area contributed by atoms with Crippen molar-refractivity contribution in [3.63, 3.8) is 0 Å². The van der Waals surface area contributed by atoms with Gasteiger partial charge in [-0.2, -0.15) is 0 Å². The van der Waals surface area contributed by atoms with Crippen LogP contribution in [0.3, 0.4) is 0 Å². The second-order valence-electron chi connectivity index (χ2n) is 10.2. The number of carboxylic acids is 1. The molecule has 1 aromatic carbocycles. The zero-order chi connectivity index (χ0) is 22.6. The molecule has 1 aliphatic heterocycles. The second-order valence-corrected chi connectivity index (χ2v) is 10.2. The van der Waals surface area contributed by atoms with Crippen molar-refractivity contribution in [3.05, 3.63) is 22.3 Å². The Bertz CT molecular complexity index is 791. The van der Waals surface area contributed by atoms with Crippen LogP contribution in [0.25, 0.3) is 0 Å². The summed E-state index contributed by atoms with van der Waals surface area (Å²) in [6, 6.07) is 0. The molecule has 0 aromatic heterocycles. The first-order valence-corrected chi connectivity index (χ1v) is 11.4. The van der Waals surface area contributed by atoms with Gasteiger partial charge in [0, 0.05) is 18.5 Å². The van der Waals surface area contributed by atoms with Crippen LogP contribution in [0.1, 0.15) is 82.6 Å². The summed E-state index contributed by atoms with van der Waals surface area (Å²) < 4.78 is 0. The maximum atomic E-state index is 12.8. The van der Waals surface area contributed by atoms with Crippen LogP contribution in [0.2, 0.25) is 0 Å². The van der Waals surface area contributed by atoms with E-state index in [1.54, 1.807) is 0 Å². The molecule has 0 atom stereocenters. The smallest absolute Gasteiger partial charge is 0.307 e. The number of hydrogen-bond donors (Lipinski definition) is 2. The molecule has 0 aliphatic carbocycles. The van der Waals surface area contributed by atoms with E-state index in [0.717, 1.165) is 59.9 Å². The Morgan fingerprint density at radius 2 is 1.77 bits per heavy atom. The standard InChI is InChI=1S/C25H40N2O3/c1-16(2)11-9-8-10-13-27-14-12-19-17(3)20(15-21(28)29)18(4)22(23(19)27)26-24(30)25(5,6)7/h16H,8-15H2,1-7H3,(H,26,30)(H,28,29). The van der Waals surface area contributed by atoms with Crippen molar-refractivity contribution in [3.8, 4) is 0 Å². The number of anilines is 2. The number of carbonyl (C=O) groups excluding carboxylic acids is 1. The topological polar surface area (TPSA) is 69.6 Å². The Labute approximate surface area is 182 Å². The van der Waals surface area contributed by atoms with Gasteiger partial charge in [-0.3, -0.25) is 9.59 Å². The van der Waals surface area contributed by atoms with Crippen LogP contribution in [-0.4, -0.2) is 30.1 Å². The average molecular weight is 417 g/mol. The van der Waals surface area contributed by atoms with Crippen molar-refractivity contribution in [1.82, 2.24) is 0 Å². The maximum absolute atomic E-state index is 12.8. The Hall–Kier alpha value is -2.04. The number of fused-ring (bicyclic) bond motifs is 1. The number of nitrogens with one attached hydrogen (secondary N) is 1. The molecule has 0 bridgehead atoms. The Balaban J connectivity index is 2.37. The number of aliphatic carboxylic acids is 1. The van der Waals surface area contributed by atoms with E-state index in [9.17, 15) is 14.7 Å². The summed E-state index contributed by atoms with van der Waals surface area (Å²) in [5.74, 6) is -0.134. The lowest BCUT2D eigenvalue weighted by molar-refractivity contribution is -0.136. The molecule has 0 spiro atoms. The summed E-state index contributed by atoms with van der Waals surface area (Å²) in [6.45, 7) is 16.1. The number of rotatable bonds is 9. The fourth-order valence-electron chi connectivity index (χ4n) is 4.26. The molecule has 5 heteroatoms. The highest BCUT2D eigenvalue weighted by molar-refractivity contribution is 6.00. The number of amides is 1. The van der Waals surface area contributed by atoms with Crippen LogP contribution in [0, 0.1) is 25.2 Å². The quantitative estimate of drug-likeness (QED) is 0.522. The SMILES string of the molecule is Cc1c(CC(=O)O)c(C)c(NC(=O)C(C)(C)C)c2c1CCN2CCCCCC(C)C. The van der Waals surface area contributed by atoms with Crippen LogP contribution in [0.4, 0.5) is 11.4 Å². The van der Waals surface area contributed by atoms with Crippen LogP contribution < -0.4 is 10.2 Å². The third kappa shape index (κ3) is 5.77. The van der Waals surface area contributed by atoms with Gasteiger partial charge in [-0.15, -0.1) is 0 Å². The highest BCUT2D eigenvalue weighted by Gasteiger charge is 2.31. The fraction of sp³-hybridized carbons (Fsp3) is 0.680. The summed E-state index contributed by atoms with van der Waals surface area (Å²) in [4.78, 5) is 26.7. The number of carboxylic acid groups (broad SMARTS) is 1. The van der Waals surface area contributed by atoms with Crippen LogP contribution in [0.5, 0.6) is 0 Å². The molecule has 5 nitrogen and oxygen atoms in total. The monoisotopic (exact) mass is 416 g/mol. The van der Waals surface area contributed by atoms with Crippen LogP contribution >= 0.6 is 0 Å². The zero-order valence-electron chi connectivity index (χ0n) is 19.9. The Morgan fingerprint density at radius 1 is 1.10 bits per heavy atom. The van der Waals surface area contributed by atoms with Gasteiger partial charge in [-0.25, -0.2) is 0 Å². The first-order chi connectivity index (χ1) is 13.9. The zero-order valence-corrected chi connectivity index (χ0v) is 19.9. The van der Waals surface area contributed by atoms with E-state index in [1.165, 1.54) is 24.8 Å². The van der Waals surface area contributed by atoms with Crippen LogP contribution in [0.15, 0.2) is 0 Å². The summed E-state index contributed by atoms with van der Waals surface area (Å²) >= 11 is 0. The second kappa shape index (κ2) is 9.84. The van der Waals surface area contributed by atoms with Gasteiger partial charge < -0.3 is 15.3 Å². The Kier molecular flexibility index (Phi) is 7.95. The Morgan fingerprint density at radius 3 is 2.33 bits per heavy atom. The van der Waals surface area contributed by atoms with Crippen molar-refractivity contribution in [2.24, 2.45) is 11.3 Å². The number of hydrogen-bond acceptors (Lipinski definition) is 3. The largest absolute Gasteiger partial charge is 0.481 e. The highest BCUT2D eigenvalue weighted by atomic mass is 16.4. The molecule has 0 fully saturated rings. The summed E-state index contributed by atoms with van der Waals surface area (Å²) in [7, 11) is 0. The van der Waals surface area contributed by atoms with E-state index in [4.69, 9.17) is 0 Å². The summed E-state index contributed by atoms with van der Waals surface area (Å²) in [5, 5.41) is 12.6. The molecule has 2 N–H and O–H groups in total. The number of unbranched alkanes of at least 4 members (excludes halogenated alkanes) is 2. The molecular formula is C25H40N2O3. The van der Waals surface area contributed by atoms with Crippen molar-refractivity contribution in [2.75, 3.05) is 23.3 Å². The highest BCUT2D eigenvalue weighted by Crippen LogP contribution is 2.43. The normalized spacial score (nSPS) is 13.7. The molecule has 168 valence electrons. The van der Waals surface area contributed by atoms with Crippen molar-refractivity contribution in [2.45, 2.75) is 87.0 Å². The van der Waals surface area contributed by atoms with E-state index < -0.39 is 11.4 Å². The van der Waals surface area contributed by atoms with Gasteiger partial charge in [-0.1, -0.05) is 53.9 Å². The number of carbonyl (C=O) groups is 2. The lowest BCUT2D eigenvalue weighted by Crippen LogP contribution is -2.30. The third-order valence-electron chi connectivity index (χ3n) is 6.16. The predicted molar refractivity (Wildman–Crippen MR) is 125 cm³/mol. The van der Waals surface area contributed by atoms with Gasteiger partial charge in [-0.05, 0) is 54.9 Å². The predicted octanol–water partition coefficient (Wildman–Crippen LogP) is 5.49. The number of benzene rings is 1. The van der Waals surface area contributed by atoms with Crippen molar-refractivity contribution >= 4 is 23.3 Å². The van der Waals surface area contributed by atoms with Gasteiger partial charge in [0.25, 0.3) is 0 Å². The maximum Gasteiger partial charge on any atom is 0.307 e. The van der Waals surface area contributed by atoms with Crippen molar-refractivity contribution < 1.29 is 14.7 Å². The lowest BCUT2D eigenvalue weighted by Gasteiger charge is -2.28. The van der Waals surface area contributed by atoms with Gasteiger partial charge in [0.1, 0.15) is 0 Å². The minimum atomic E-state index is -0.839. The molecule has 1 heterocycles. The van der Waals surface area contributed by atoms with E-state index in [2.05, 4.69) is 24.1 Å². The van der Waals surface area contributed by atoms with Gasteiger partial charge in [0.05, 0.1) is 17.8 Å². The first-order valence-electron chi connectivity index (χ1n) is 11.4. The molecule has 0 unspecified atom stereocenters. The molecule has 1 aromatic rings. The minimum absolute atomic E-state index is 0.0153. The van der Waals surface area contributed by atoms with E-state index in [-0.39, 0.29) is 12.3 Å². The average Bonchev–Trinajstić information content (AvgIpc) is 3.04. The van der Waals surface area contributed by atoms with Gasteiger partial charge in [0.15, 0.2) is 0 Å². The first kappa shape index (κ1) is 24.2. The van der Waals surface area contributed by atoms with E-state index >= 15 is 0 Å². The van der Waals surface area contributed by atoms with E-state index in [0.29, 0.717) is 0 Å². The molecule has 1 amide bonds. The molecule has 1 aliphatic rings. The molecule has 0 radical (unpaired) electrons. The fourth-order valence-corrected chi connectivity index (χ4v) is 4.26. The minimum Gasteiger partial charge on any atom is -0.481 e. The molecule has 0 saturated heterocycles.